The summed E-state index contributed by atoms with van der Waals surface area (Å²) in [5.74, 6) is 0.889. The minimum atomic E-state index is -0.0274. The zero-order chi connectivity index (χ0) is 14.0. The summed E-state index contributed by atoms with van der Waals surface area (Å²) in [6.45, 7) is 8.23. The number of piperazine rings is 1. The molecule has 0 aliphatic carbocycles. The van der Waals surface area contributed by atoms with Crippen LogP contribution in [0.3, 0.4) is 0 Å². The van der Waals surface area contributed by atoms with Crippen LogP contribution in [0.1, 0.15) is 19.4 Å². The molecule has 4 heteroatoms. The van der Waals surface area contributed by atoms with Gasteiger partial charge in [-0.2, -0.15) is 0 Å². The van der Waals surface area contributed by atoms with Gasteiger partial charge in [0.05, 0.1) is 19.4 Å². The monoisotopic (exact) mass is 264 g/mol. The minimum Gasteiger partial charge on any atom is -0.495 e. The molecule has 0 spiro atoms. The Hall–Kier alpha value is -1.26. The van der Waals surface area contributed by atoms with Gasteiger partial charge in [0.25, 0.3) is 0 Å². The first kappa shape index (κ1) is 14.2. The van der Waals surface area contributed by atoms with Crippen LogP contribution in [0.25, 0.3) is 0 Å². The van der Waals surface area contributed by atoms with Gasteiger partial charge in [0, 0.05) is 24.7 Å². The quantitative estimate of drug-likeness (QED) is 0.869. The fourth-order valence-electron chi connectivity index (χ4n) is 2.79. The predicted octanol–water partition coefficient (Wildman–Crippen LogP) is 1.55. The summed E-state index contributed by atoms with van der Waals surface area (Å²) in [7, 11) is 1.70. The van der Waals surface area contributed by atoms with Crippen LogP contribution in [0.4, 0.5) is 5.69 Å². The van der Waals surface area contributed by atoms with Crippen molar-refractivity contribution in [2.45, 2.75) is 32.4 Å². The Labute approximate surface area is 115 Å². The second-order valence-corrected chi connectivity index (χ2v) is 5.96. The summed E-state index contributed by atoms with van der Waals surface area (Å²) < 4.78 is 5.47. The maximum atomic E-state index is 9.45. The van der Waals surface area contributed by atoms with Crippen LogP contribution in [0.15, 0.2) is 18.2 Å². The van der Waals surface area contributed by atoms with E-state index in [2.05, 4.69) is 43.1 Å². The largest absolute Gasteiger partial charge is 0.495 e. The molecule has 0 saturated carbocycles. The molecule has 1 aromatic rings. The first-order chi connectivity index (χ1) is 8.95. The van der Waals surface area contributed by atoms with E-state index in [1.165, 1.54) is 5.56 Å². The van der Waals surface area contributed by atoms with Crippen LogP contribution in [0.5, 0.6) is 5.75 Å². The highest BCUT2D eigenvalue weighted by molar-refractivity contribution is 5.60. The van der Waals surface area contributed by atoms with Gasteiger partial charge in [-0.25, -0.2) is 0 Å². The molecule has 0 aromatic heterocycles. The standard InChI is InChI=1S/C15H24N2O2/c1-11-5-6-14(19-4)13(7-11)17-8-12(9-18)16-15(2,3)10-17/h5-7,12,16,18H,8-10H2,1-4H3. The first-order valence-corrected chi connectivity index (χ1v) is 6.73. The van der Waals surface area contributed by atoms with Crippen molar-refractivity contribution in [1.29, 1.82) is 0 Å². The number of nitrogens with zero attached hydrogens (tertiary/aromatic N) is 1. The van der Waals surface area contributed by atoms with Crippen molar-refractivity contribution in [3.8, 4) is 5.75 Å². The lowest BCUT2D eigenvalue weighted by Gasteiger charge is -2.44. The number of hydrogen-bond donors (Lipinski definition) is 2. The Bertz CT molecular complexity index is 446. The van der Waals surface area contributed by atoms with Gasteiger partial charge in [-0.15, -0.1) is 0 Å². The average molecular weight is 264 g/mol. The molecule has 1 fully saturated rings. The van der Waals surface area contributed by atoms with Crippen molar-refractivity contribution >= 4 is 5.69 Å². The van der Waals surface area contributed by atoms with Crippen molar-refractivity contribution in [2.75, 3.05) is 31.7 Å². The molecule has 1 aromatic carbocycles. The van der Waals surface area contributed by atoms with Gasteiger partial charge in [-0.1, -0.05) is 6.07 Å². The molecule has 2 rings (SSSR count). The maximum Gasteiger partial charge on any atom is 0.142 e. The molecule has 1 atom stereocenters. The fourth-order valence-corrected chi connectivity index (χ4v) is 2.79. The van der Waals surface area contributed by atoms with Crippen molar-refractivity contribution in [1.82, 2.24) is 5.32 Å². The third kappa shape index (κ3) is 3.19. The van der Waals surface area contributed by atoms with Crippen molar-refractivity contribution < 1.29 is 9.84 Å². The molecule has 1 saturated heterocycles. The number of ether oxygens (including phenoxy) is 1. The van der Waals surface area contributed by atoms with E-state index in [1.807, 2.05) is 6.07 Å². The Balaban J connectivity index is 2.32. The summed E-state index contributed by atoms with van der Waals surface area (Å²) in [6.07, 6.45) is 0. The smallest absolute Gasteiger partial charge is 0.142 e. The van der Waals surface area contributed by atoms with E-state index in [1.54, 1.807) is 7.11 Å². The zero-order valence-corrected chi connectivity index (χ0v) is 12.2. The van der Waals surface area contributed by atoms with E-state index in [0.29, 0.717) is 0 Å². The molecular weight excluding hydrogens is 240 g/mol. The number of anilines is 1. The summed E-state index contributed by atoms with van der Waals surface area (Å²) >= 11 is 0. The normalized spacial score (nSPS) is 22.4. The van der Waals surface area contributed by atoms with Gasteiger partial charge in [-0.05, 0) is 38.5 Å². The van der Waals surface area contributed by atoms with Gasteiger partial charge in [0.2, 0.25) is 0 Å². The number of aliphatic hydroxyl groups is 1. The number of aryl methyl sites for hydroxylation is 1. The Kier molecular flexibility index (Phi) is 4.02. The molecular formula is C15H24N2O2. The topological polar surface area (TPSA) is 44.7 Å². The second-order valence-electron chi connectivity index (χ2n) is 5.96. The number of rotatable bonds is 3. The van der Waals surface area contributed by atoms with E-state index in [4.69, 9.17) is 4.74 Å². The lowest BCUT2D eigenvalue weighted by molar-refractivity contribution is 0.191. The fraction of sp³-hybridized carbons (Fsp3) is 0.600. The van der Waals surface area contributed by atoms with Crippen molar-refractivity contribution in [3.05, 3.63) is 23.8 Å². The highest BCUT2D eigenvalue weighted by Crippen LogP contribution is 2.31. The average Bonchev–Trinajstić information content (AvgIpc) is 2.36. The number of benzene rings is 1. The molecule has 0 amide bonds. The summed E-state index contributed by atoms with van der Waals surface area (Å²) in [4.78, 5) is 2.29. The molecule has 1 heterocycles. The predicted molar refractivity (Wildman–Crippen MR) is 78.0 cm³/mol. The van der Waals surface area contributed by atoms with Gasteiger partial charge >= 0.3 is 0 Å². The third-order valence-corrected chi connectivity index (χ3v) is 3.52. The number of hydrogen-bond acceptors (Lipinski definition) is 4. The molecule has 4 nitrogen and oxygen atoms in total. The number of aliphatic hydroxyl groups excluding tert-OH is 1. The maximum absolute atomic E-state index is 9.45. The van der Waals surface area contributed by atoms with E-state index in [9.17, 15) is 5.11 Å². The minimum absolute atomic E-state index is 0.0274. The molecule has 0 bridgehead atoms. The van der Waals surface area contributed by atoms with Crippen LogP contribution in [0, 0.1) is 6.92 Å². The Morgan fingerprint density at radius 1 is 1.47 bits per heavy atom. The van der Waals surface area contributed by atoms with Gasteiger partial charge in [0.1, 0.15) is 5.75 Å². The van der Waals surface area contributed by atoms with Crippen molar-refractivity contribution in [2.24, 2.45) is 0 Å². The summed E-state index contributed by atoms with van der Waals surface area (Å²) in [5, 5.41) is 12.9. The van der Waals surface area contributed by atoms with E-state index in [0.717, 1.165) is 24.5 Å². The molecule has 1 aliphatic rings. The Morgan fingerprint density at radius 2 is 2.21 bits per heavy atom. The van der Waals surface area contributed by atoms with Gasteiger partial charge in [-0.3, -0.25) is 0 Å². The van der Waals surface area contributed by atoms with Gasteiger partial charge < -0.3 is 20.1 Å². The lowest BCUT2D eigenvalue weighted by Crippen LogP contribution is -2.63. The second kappa shape index (κ2) is 5.39. The van der Waals surface area contributed by atoms with Crippen LogP contribution in [0.2, 0.25) is 0 Å². The zero-order valence-electron chi connectivity index (χ0n) is 12.2. The Morgan fingerprint density at radius 3 is 2.84 bits per heavy atom. The van der Waals surface area contributed by atoms with Crippen LogP contribution in [-0.4, -0.2) is 43.5 Å². The molecule has 1 aliphatic heterocycles. The van der Waals surface area contributed by atoms with Crippen LogP contribution >= 0.6 is 0 Å². The number of nitrogens with one attached hydrogen (secondary N) is 1. The molecule has 2 N–H and O–H groups in total. The molecule has 19 heavy (non-hydrogen) atoms. The van der Waals surface area contributed by atoms with Crippen molar-refractivity contribution in [3.63, 3.8) is 0 Å². The first-order valence-electron chi connectivity index (χ1n) is 6.73. The molecule has 0 radical (unpaired) electrons. The lowest BCUT2D eigenvalue weighted by atomic mass is 9.97. The van der Waals surface area contributed by atoms with E-state index in [-0.39, 0.29) is 18.2 Å². The van der Waals surface area contributed by atoms with Crippen LogP contribution in [-0.2, 0) is 0 Å². The summed E-state index contributed by atoms with van der Waals surface area (Å²) in [6, 6.07) is 6.30. The van der Waals surface area contributed by atoms with Crippen LogP contribution < -0.4 is 15.0 Å². The molecule has 1 unspecified atom stereocenters. The number of methoxy groups -OCH3 is 1. The summed E-state index contributed by atoms with van der Waals surface area (Å²) in [5.41, 5.74) is 2.30. The van der Waals surface area contributed by atoms with Gasteiger partial charge in [0.15, 0.2) is 0 Å². The van der Waals surface area contributed by atoms with E-state index < -0.39 is 0 Å². The highest BCUT2D eigenvalue weighted by Gasteiger charge is 2.32. The highest BCUT2D eigenvalue weighted by atomic mass is 16.5. The van der Waals surface area contributed by atoms with E-state index >= 15 is 0 Å². The third-order valence-electron chi connectivity index (χ3n) is 3.52. The SMILES string of the molecule is COc1ccc(C)cc1N1CC(CO)NC(C)(C)C1. The molecule has 106 valence electrons.